The summed E-state index contributed by atoms with van der Waals surface area (Å²) in [6.07, 6.45) is 6.83. The van der Waals surface area contributed by atoms with Crippen LogP contribution < -0.4 is 5.32 Å². The molecule has 2 aliphatic heterocycles. The van der Waals surface area contributed by atoms with E-state index >= 15 is 0 Å². The molecule has 5 rings (SSSR count). The number of hydrogen-bond acceptors (Lipinski definition) is 4. The van der Waals surface area contributed by atoms with Crippen LogP contribution in [0.25, 0.3) is 11.4 Å². The second kappa shape index (κ2) is 9.02. The van der Waals surface area contributed by atoms with Gasteiger partial charge in [-0.25, -0.2) is 0 Å². The summed E-state index contributed by atoms with van der Waals surface area (Å²) in [6, 6.07) is 17.8. The van der Waals surface area contributed by atoms with E-state index in [1.807, 2.05) is 54.6 Å². The first kappa shape index (κ1) is 19.9. The predicted octanol–water partition coefficient (Wildman–Crippen LogP) is 4.45. The number of amides is 1. The van der Waals surface area contributed by atoms with Crippen molar-refractivity contribution in [1.29, 1.82) is 0 Å². The van der Waals surface area contributed by atoms with Crippen molar-refractivity contribution in [3.05, 3.63) is 66.0 Å². The topological polar surface area (TPSA) is 63.1 Å². The summed E-state index contributed by atoms with van der Waals surface area (Å²) in [5.74, 6) is 1.98. The average molecular weight is 416 g/mol. The molecule has 31 heavy (non-hydrogen) atoms. The van der Waals surface area contributed by atoms with Crippen LogP contribution in [-0.4, -0.2) is 38.7 Å². The highest BCUT2D eigenvalue weighted by Crippen LogP contribution is 2.28. The molecule has 3 heterocycles. The number of anilines is 1. The van der Waals surface area contributed by atoms with Gasteiger partial charge in [0.25, 0.3) is 0 Å². The van der Waals surface area contributed by atoms with Crippen LogP contribution in [0.5, 0.6) is 0 Å². The molecule has 1 unspecified atom stereocenters. The highest BCUT2D eigenvalue weighted by molar-refractivity contribution is 5.96. The van der Waals surface area contributed by atoms with Gasteiger partial charge in [-0.1, -0.05) is 48.9 Å². The van der Waals surface area contributed by atoms with Crippen LogP contribution in [0, 0.1) is 0 Å². The van der Waals surface area contributed by atoms with Gasteiger partial charge in [0.1, 0.15) is 11.9 Å². The molecule has 6 nitrogen and oxygen atoms in total. The van der Waals surface area contributed by atoms with Crippen molar-refractivity contribution in [3.8, 4) is 11.4 Å². The van der Waals surface area contributed by atoms with E-state index in [2.05, 4.69) is 25.0 Å². The van der Waals surface area contributed by atoms with Crippen molar-refractivity contribution in [2.24, 2.45) is 0 Å². The normalized spacial score (nSPS) is 17.7. The van der Waals surface area contributed by atoms with Crippen molar-refractivity contribution in [1.82, 2.24) is 19.7 Å². The Hall–Kier alpha value is -2.99. The molecule has 1 saturated heterocycles. The first-order valence-corrected chi connectivity index (χ1v) is 11.4. The largest absolute Gasteiger partial charge is 0.324 e. The Kier molecular flexibility index (Phi) is 5.80. The molecule has 1 aromatic heterocycles. The molecular weight excluding hydrogens is 386 g/mol. The first-order chi connectivity index (χ1) is 15.3. The maximum absolute atomic E-state index is 13.4. The van der Waals surface area contributed by atoms with Crippen LogP contribution in [-0.2, 0) is 17.8 Å². The molecule has 1 amide bonds. The quantitative estimate of drug-likeness (QED) is 0.669. The van der Waals surface area contributed by atoms with Gasteiger partial charge in [-0.15, -0.1) is 10.2 Å². The number of aryl methyl sites for hydroxylation is 1. The lowest BCUT2D eigenvalue weighted by atomic mass is 10.0. The van der Waals surface area contributed by atoms with Crippen molar-refractivity contribution in [3.63, 3.8) is 0 Å². The standard InChI is InChI=1S/C25H29N5O/c31-25(23(29-15-7-8-16-29)19-10-3-1-4-11-19)26-21-13-9-12-20(18-21)24-28-27-22-14-5-2-6-17-30(22)24/h1,3-4,9-13,18,23H,2,5-8,14-17H2,(H,26,31). The summed E-state index contributed by atoms with van der Waals surface area (Å²) in [5.41, 5.74) is 2.84. The zero-order chi connectivity index (χ0) is 21.0. The first-order valence-electron chi connectivity index (χ1n) is 11.4. The van der Waals surface area contributed by atoms with Crippen molar-refractivity contribution < 1.29 is 4.79 Å². The minimum Gasteiger partial charge on any atom is -0.324 e. The molecule has 0 saturated carbocycles. The highest BCUT2D eigenvalue weighted by atomic mass is 16.2. The third-order valence-electron chi connectivity index (χ3n) is 6.37. The summed E-state index contributed by atoms with van der Waals surface area (Å²) >= 11 is 0. The number of benzene rings is 2. The molecule has 0 spiro atoms. The molecule has 2 aromatic carbocycles. The average Bonchev–Trinajstić information content (AvgIpc) is 3.40. The fraction of sp³-hybridized carbons (Fsp3) is 0.400. The number of nitrogens with zero attached hydrogens (tertiary/aromatic N) is 4. The lowest BCUT2D eigenvalue weighted by Crippen LogP contribution is -2.35. The number of hydrogen-bond donors (Lipinski definition) is 1. The highest BCUT2D eigenvalue weighted by Gasteiger charge is 2.29. The van der Waals surface area contributed by atoms with Gasteiger partial charge >= 0.3 is 0 Å². The molecule has 2 aliphatic rings. The number of aromatic nitrogens is 3. The third kappa shape index (κ3) is 4.26. The third-order valence-corrected chi connectivity index (χ3v) is 6.37. The summed E-state index contributed by atoms with van der Waals surface area (Å²) in [5, 5.41) is 12.1. The van der Waals surface area contributed by atoms with E-state index in [0.29, 0.717) is 0 Å². The second-order valence-corrected chi connectivity index (χ2v) is 8.53. The summed E-state index contributed by atoms with van der Waals surface area (Å²) < 4.78 is 2.24. The molecule has 0 radical (unpaired) electrons. The predicted molar refractivity (Wildman–Crippen MR) is 122 cm³/mol. The van der Waals surface area contributed by atoms with Gasteiger partial charge in [0.2, 0.25) is 5.91 Å². The van der Waals surface area contributed by atoms with Gasteiger partial charge in [0.15, 0.2) is 5.82 Å². The number of rotatable bonds is 5. The molecule has 1 fully saturated rings. The van der Waals surface area contributed by atoms with Gasteiger partial charge < -0.3 is 9.88 Å². The fourth-order valence-corrected chi connectivity index (χ4v) is 4.81. The van der Waals surface area contributed by atoms with Gasteiger partial charge in [-0.3, -0.25) is 9.69 Å². The Balaban J connectivity index is 1.40. The van der Waals surface area contributed by atoms with Gasteiger partial charge in [0.05, 0.1) is 0 Å². The lowest BCUT2D eigenvalue weighted by molar-refractivity contribution is -0.121. The second-order valence-electron chi connectivity index (χ2n) is 8.53. The molecule has 1 N–H and O–H groups in total. The SMILES string of the molecule is O=C(Nc1cccc(-c2nnc3n2CCCCC3)c1)C(c1ccccc1)N1CCCC1. The zero-order valence-corrected chi connectivity index (χ0v) is 17.8. The van der Waals surface area contributed by atoms with E-state index in [-0.39, 0.29) is 11.9 Å². The van der Waals surface area contributed by atoms with E-state index in [1.165, 1.54) is 12.8 Å². The zero-order valence-electron chi connectivity index (χ0n) is 17.8. The van der Waals surface area contributed by atoms with Crippen LogP contribution in [0.3, 0.4) is 0 Å². The number of carbonyl (C=O) groups is 1. The number of fused-ring (bicyclic) bond motifs is 1. The summed E-state index contributed by atoms with van der Waals surface area (Å²) in [4.78, 5) is 15.7. The molecular formula is C25H29N5O. The number of likely N-dealkylation sites (tertiary alicyclic amines) is 1. The summed E-state index contributed by atoms with van der Waals surface area (Å²) in [7, 11) is 0. The maximum Gasteiger partial charge on any atom is 0.246 e. The molecule has 0 aliphatic carbocycles. The Morgan fingerprint density at radius 1 is 0.871 bits per heavy atom. The minimum atomic E-state index is -0.267. The van der Waals surface area contributed by atoms with E-state index in [4.69, 9.17) is 0 Å². The Bertz CT molecular complexity index is 1040. The molecule has 0 bridgehead atoms. The minimum absolute atomic E-state index is 0.0188. The maximum atomic E-state index is 13.4. The molecule has 160 valence electrons. The van der Waals surface area contributed by atoms with E-state index in [1.54, 1.807) is 0 Å². The summed E-state index contributed by atoms with van der Waals surface area (Å²) in [6.45, 7) is 2.87. The Morgan fingerprint density at radius 3 is 2.52 bits per heavy atom. The van der Waals surface area contributed by atoms with Crippen molar-refractivity contribution >= 4 is 11.6 Å². The van der Waals surface area contributed by atoms with Crippen molar-refractivity contribution in [2.75, 3.05) is 18.4 Å². The van der Waals surface area contributed by atoms with Crippen LogP contribution in [0.1, 0.15) is 49.5 Å². The van der Waals surface area contributed by atoms with Gasteiger partial charge in [0, 0.05) is 24.2 Å². The van der Waals surface area contributed by atoms with Crippen LogP contribution >= 0.6 is 0 Å². The fourth-order valence-electron chi connectivity index (χ4n) is 4.81. The van der Waals surface area contributed by atoms with Gasteiger partial charge in [-0.2, -0.15) is 0 Å². The number of carbonyl (C=O) groups excluding carboxylic acids is 1. The van der Waals surface area contributed by atoms with Gasteiger partial charge in [-0.05, 0) is 56.5 Å². The Labute approximate surface area is 183 Å². The van der Waals surface area contributed by atoms with Crippen molar-refractivity contribution in [2.45, 2.75) is 51.1 Å². The van der Waals surface area contributed by atoms with E-state index in [9.17, 15) is 4.79 Å². The van der Waals surface area contributed by atoms with Crippen LogP contribution in [0.4, 0.5) is 5.69 Å². The monoisotopic (exact) mass is 415 g/mol. The van der Waals surface area contributed by atoms with Crippen LogP contribution in [0.15, 0.2) is 54.6 Å². The van der Waals surface area contributed by atoms with E-state index in [0.717, 1.165) is 73.8 Å². The van der Waals surface area contributed by atoms with Crippen LogP contribution in [0.2, 0.25) is 0 Å². The Morgan fingerprint density at radius 2 is 1.68 bits per heavy atom. The molecule has 1 atom stereocenters. The molecule has 6 heteroatoms. The smallest absolute Gasteiger partial charge is 0.246 e. The van der Waals surface area contributed by atoms with E-state index < -0.39 is 0 Å². The lowest BCUT2D eigenvalue weighted by Gasteiger charge is -2.27. The number of nitrogens with one attached hydrogen (secondary N) is 1. The molecule has 3 aromatic rings.